The lowest BCUT2D eigenvalue weighted by atomic mass is 10.1. The molecule has 2 unspecified atom stereocenters. The number of hydrogen-bond acceptors (Lipinski definition) is 1. The number of allylic oxidation sites excluding steroid dienone is 1. The highest BCUT2D eigenvalue weighted by Crippen LogP contribution is 2.25. The highest BCUT2D eigenvalue weighted by Gasteiger charge is 2.19. The van der Waals surface area contributed by atoms with Crippen LogP contribution in [0.4, 0.5) is 0 Å². The number of aliphatic hydroxyl groups excluding tert-OH is 1. The molecule has 8 heavy (non-hydrogen) atoms. The van der Waals surface area contributed by atoms with Gasteiger partial charge in [0.05, 0.1) is 6.10 Å². The summed E-state index contributed by atoms with van der Waals surface area (Å²) in [6.45, 7) is 3.67. The minimum absolute atomic E-state index is 0.0435. The third kappa shape index (κ3) is 1.10. The zero-order valence-corrected chi connectivity index (χ0v) is 5.01. The molecule has 0 amide bonds. The Morgan fingerprint density at radius 3 is 2.50 bits per heavy atom. The largest absolute Gasteiger partial charge is 0.393 e. The Bertz CT molecular complexity index is 88.4. The van der Waals surface area contributed by atoms with Crippen LogP contribution in [0.3, 0.4) is 0 Å². The standard InChI is InChI=1S/C7H12O/c1-2-6-3-4-7(8)5-6/h2,6-8H,1,3-5H2. The Labute approximate surface area is 50.0 Å². The number of hydrogen-bond donors (Lipinski definition) is 1. The van der Waals surface area contributed by atoms with Crippen LogP contribution >= 0.6 is 0 Å². The first kappa shape index (κ1) is 5.83. The summed E-state index contributed by atoms with van der Waals surface area (Å²) in [5, 5.41) is 8.98. The van der Waals surface area contributed by atoms with Crippen molar-refractivity contribution in [2.45, 2.75) is 25.4 Å². The molecule has 0 radical (unpaired) electrons. The van der Waals surface area contributed by atoms with Crippen LogP contribution in [0.5, 0.6) is 0 Å². The second kappa shape index (κ2) is 2.31. The van der Waals surface area contributed by atoms with Crippen molar-refractivity contribution >= 4 is 0 Å². The van der Waals surface area contributed by atoms with Crippen molar-refractivity contribution in [1.82, 2.24) is 0 Å². The van der Waals surface area contributed by atoms with Gasteiger partial charge in [0, 0.05) is 0 Å². The van der Waals surface area contributed by atoms with E-state index in [9.17, 15) is 0 Å². The second-order valence-corrected chi connectivity index (χ2v) is 2.46. The summed E-state index contributed by atoms with van der Waals surface area (Å²) in [7, 11) is 0. The summed E-state index contributed by atoms with van der Waals surface area (Å²) in [6.07, 6.45) is 4.93. The van der Waals surface area contributed by atoms with Crippen molar-refractivity contribution < 1.29 is 5.11 Å². The van der Waals surface area contributed by atoms with Crippen LogP contribution in [0.25, 0.3) is 0 Å². The predicted octanol–water partition coefficient (Wildman–Crippen LogP) is 1.33. The van der Waals surface area contributed by atoms with E-state index >= 15 is 0 Å². The topological polar surface area (TPSA) is 20.2 Å². The van der Waals surface area contributed by atoms with Gasteiger partial charge in [-0.2, -0.15) is 0 Å². The highest BCUT2D eigenvalue weighted by atomic mass is 16.3. The van der Waals surface area contributed by atoms with E-state index in [0.717, 1.165) is 19.3 Å². The summed E-state index contributed by atoms with van der Waals surface area (Å²) in [5.74, 6) is 0.588. The molecular formula is C7H12O. The van der Waals surface area contributed by atoms with Gasteiger partial charge in [0.15, 0.2) is 0 Å². The van der Waals surface area contributed by atoms with Crippen LogP contribution in [0.2, 0.25) is 0 Å². The molecule has 46 valence electrons. The molecule has 0 bridgehead atoms. The fourth-order valence-corrected chi connectivity index (χ4v) is 1.21. The number of aliphatic hydroxyl groups is 1. The van der Waals surface area contributed by atoms with E-state index in [-0.39, 0.29) is 6.10 Å². The fourth-order valence-electron chi connectivity index (χ4n) is 1.21. The zero-order chi connectivity index (χ0) is 5.98. The van der Waals surface area contributed by atoms with E-state index in [2.05, 4.69) is 6.58 Å². The molecular weight excluding hydrogens is 100 g/mol. The molecule has 0 aliphatic heterocycles. The van der Waals surface area contributed by atoms with Gasteiger partial charge in [-0.25, -0.2) is 0 Å². The van der Waals surface area contributed by atoms with Crippen LogP contribution < -0.4 is 0 Å². The quantitative estimate of drug-likeness (QED) is 0.507. The SMILES string of the molecule is C=CC1CCC(O)C1. The van der Waals surface area contributed by atoms with Gasteiger partial charge in [-0.05, 0) is 25.2 Å². The van der Waals surface area contributed by atoms with Crippen LogP contribution in [0, 0.1) is 5.92 Å². The van der Waals surface area contributed by atoms with Crippen LogP contribution in [0.1, 0.15) is 19.3 Å². The van der Waals surface area contributed by atoms with E-state index < -0.39 is 0 Å². The third-order valence-electron chi connectivity index (χ3n) is 1.78. The summed E-state index contributed by atoms with van der Waals surface area (Å²) in [6, 6.07) is 0. The smallest absolute Gasteiger partial charge is 0.0546 e. The van der Waals surface area contributed by atoms with Gasteiger partial charge in [0.2, 0.25) is 0 Å². The van der Waals surface area contributed by atoms with Crippen molar-refractivity contribution in [2.24, 2.45) is 5.92 Å². The van der Waals surface area contributed by atoms with Gasteiger partial charge in [-0.3, -0.25) is 0 Å². The monoisotopic (exact) mass is 112 g/mol. The van der Waals surface area contributed by atoms with E-state index in [1.54, 1.807) is 0 Å². The fraction of sp³-hybridized carbons (Fsp3) is 0.714. The van der Waals surface area contributed by atoms with Crippen molar-refractivity contribution in [3.05, 3.63) is 12.7 Å². The summed E-state index contributed by atoms with van der Waals surface area (Å²) >= 11 is 0. The first-order valence-electron chi connectivity index (χ1n) is 3.13. The normalized spacial score (nSPS) is 37.6. The van der Waals surface area contributed by atoms with Crippen molar-refractivity contribution in [3.8, 4) is 0 Å². The van der Waals surface area contributed by atoms with Crippen LogP contribution in [0.15, 0.2) is 12.7 Å². The Kier molecular flexibility index (Phi) is 1.69. The van der Waals surface area contributed by atoms with Crippen molar-refractivity contribution in [2.75, 3.05) is 0 Å². The van der Waals surface area contributed by atoms with Crippen molar-refractivity contribution in [1.29, 1.82) is 0 Å². The molecule has 1 saturated carbocycles. The maximum Gasteiger partial charge on any atom is 0.0546 e. The molecule has 0 aromatic heterocycles. The lowest BCUT2D eigenvalue weighted by Gasteiger charge is -1.97. The van der Waals surface area contributed by atoms with Crippen LogP contribution in [-0.4, -0.2) is 11.2 Å². The van der Waals surface area contributed by atoms with Gasteiger partial charge in [0.1, 0.15) is 0 Å². The lowest BCUT2D eigenvalue weighted by molar-refractivity contribution is 0.180. The molecule has 0 spiro atoms. The molecule has 1 fully saturated rings. The molecule has 1 aliphatic rings. The third-order valence-corrected chi connectivity index (χ3v) is 1.78. The van der Waals surface area contributed by atoms with E-state index in [4.69, 9.17) is 5.11 Å². The maximum absolute atomic E-state index is 8.98. The molecule has 0 heterocycles. The second-order valence-electron chi connectivity index (χ2n) is 2.46. The highest BCUT2D eigenvalue weighted by molar-refractivity contribution is 4.86. The van der Waals surface area contributed by atoms with Gasteiger partial charge >= 0.3 is 0 Å². The summed E-state index contributed by atoms with van der Waals surface area (Å²) in [4.78, 5) is 0. The molecule has 0 saturated heterocycles. The first-order valence-corrected chi connectivity index (χ1v) is 3.13. The minimum atomic E-state index is -0.0435. The molecule has 1 N–H and O–H groups in total. The Balaban J connectivity index is 2.32. The average Bonchev–Trinajstić information content (AvgIpc) is 2.14. The molecule has 0 aromatic rings. The lowest BCUT2D eigenvalue weighted by Crippen LogP contribution is -1.97. The molecule has 1 nitrogen and oxygen atoms in total. The Morgan fingerprint density at radius 2 is 2.25 bits per heavy atom. The number of rotatable bonds is 1. The van der Waals surface area contributed by atoms with Gasteiger partial charge in [-0.1, -0.05) is 6.08 Å². The molecule has 0 aromatic carbocycles. The van der Waals surface area contributed by atoms with Gasteiger partial charge in [0.25, 0.3) is 0 Å². The maximum atomic E-state index is 8.98. The Hall–Kier alpha value is -0.300. The van der Waals surface area contributed by atoms with E-state index in [1.165, 1.54) is 0 Å². The first-order chi connectivity index (χ1) is 3.83. The molecule has 1 rings (SSSR count). The zero-order valence-electron chi connectivity index (χ0n) is 5.01. The van der Waals surface area contributed by atoms with Gasteiger partial charge in [-0.15, -0.1) is 6.58 Å². The van der Waals surface area contributed by atoms with Crippen molar-refractivity contribution in [3.63, 3.8) is 0 Å². The summed E-state index contributed by atoms with van der Waals surface area (Å²) in [5.41, 5.74) is 0. The van der Waals surface area contributed by atoms with E-state index in [0.29, 0.717) is 5.92 Å². The minimum Gasteiger partial charge on any atom is -0.393 e. The molecule has 1 aliphatic carbocycles. The van der Waals surface area contributed by atoms with Crippen LogP contribution in [-0.2, 0) is 0 Å². The predicted molar refractivity (Wildman–Crippen MR) is 33.5 cm³/mol. The molecule has 2 atom stereocenters. The Morgan fingerprint density at radius 1 is 1.50 bits per heavy atom. The summed E-state index contributed by atoms with van der Waals surface area (Å²) < 4.78 is 0. The molecule has 1 heteroatoms. The average molecular weight is 112 g/mol. The van der Waals surface area contributed by atoms with Gasteiger partial charge < -0.3 is 5.11 Å². The van der Waals surface area contributed by atoms with E-state index in [1.807, 2.05) is 6.08 Å².